The zero-order chi connectivity index (χ0) is 9.84. The Hall–Kier alpha value is -1.11. The Bertz CT molecular complexity index is 276. The van der Waals surface area contributed by atoms with Crippen LogP contribution >= 0.6 is 0 Å². The Morgan fingerprint density at radius 3 is 2.15 bits per heavy atom. The van der Waals surface area contributed by atoms with Crippen LogP contribution in [0.25, 0.3) is 0 Å². The smallest absolute Gasteiger partial charge is 0.133 e. The molecule has 0 unspecified atom stereocenters. The molecule has 0 aliphatic rings. The van der Waals surface area contributed by atoms with E-state index in [0.717, 1.165) is 0 Å². The molecule has 1 heteroatoms. The van der Waals surface area contributed by atoms with Gasteiger partial charge in [-0.2, -0.15) is 0 Å². The fourth-order valence-electron chi connectivity index (χ4n) is 1.40. The highest BCUT2D eigenvalue weighted by atomic mass is 16.1. The maximum absolute atomic E-state index is 11.2. The molecule has 0 aliphatic carbocycles. The van der Waals surface area contributed by atoms with Gasteiger partial charge in [-0.3, -0.25) is 4.79 Å². The average molecular weight is 176 g/mol. The highest BCUT2D eigenvalue weighted by Crippen LogP contribution is 2.23. The lowest BCUT2D eigenvalue weighted by atomic mass is 9.87. The van der Waals surface area contributed by atoms with E-state index >= 15 is 0 Å². The second-order valence-electron chi connectivity index (χ2n) is 3.60. The Morgan fingerprint density at radius 1 is 1.15 bits per heavy atom. The van der Waals surface area contributed by atoms with Crippen molar-refractivity contribution in [1.82, 2.24) is 0 Å². The maximum Gasteiger partial charge on any atom is 0.133 e. The van der Waals surface area contributed by atoms with Gasteiger partial charge in [0.05, 0.1) is 0 Å². The number of hydrogen-bond acceptors (Lipinski definition) is 1. The van der Waals surface area contributed by atoms with E-state index in [1.165, 1.54) is 5.56 Å². The summed E-state index contributed by atoms with van der Waals surface area (Å²) in [7, 11) is 0. The molecule has 1 rings (SSSR count). The van der Waals surface area contributed by atoms with Crippen LogP contribution in [0, 0.1) is 5.92 Å². The highest BCUT2D eigenvalue weighted by Gasteiger charge is 2.17. The fourth-order valence-corrected chi connectivity index (χ4v) is 1.40. The van der Waals surface area contributed by atoms with Crippen molar-refractivity contribution >= 4 is 5.78 Å². The number of benzene rings is 1. The predicted molar refractivity (Wildman–Crippen MR) is 54.7 cm³/mol. The standard InChI is InChI=1S/C12H16O/c1-9(11(3)13)10(2)12-7-5-4-6-8-12/h4-10H,1-3H3/t9-,10-/m0/s1. The summed E-state index contributed by atoms with van der Waals surface area (Å²) < 4.78 is 0. The number of rotatable bonds is 3. The van der Waals surface area contributed by atoms with E-state index in [9.17, 15) is 4.79 Å². The molecular formula is C12H16O. The zero-order valence-electron chi connectivity index (χ0n) is 8.45. The van der Waals surface area contributed by atoms with E-state index in [1.807, 2.05) is 25.1 Å². The number of ketones is 1. The second kappa shape index (κ2) is 4.22. The Morgan fingerprint density at radius 2 is 1.69 bits per heavy atom. The van der Waals surface area contributed by atoms with Crippen LogP contribution in [0.2, 0.25) is 0 Å². The number of carbonyl (C=O) groups excluding carboxylic acids is 1. The van der Waals surface area contributed by atoms with Crippen LogP contribution in [0.15, 0.2) is 30.3 Å². The molecule has 0 saturated carbocycles. The van der Waals surface area contributed by atoms with E-state index in [1.54, 1.807) is 6.92 Å². The minimum Gasteiger partial charge on any atom is -0.300 e. The van der Waals surface area contributed by atoms with E-state index < -0.39 is 0 Å². The molecule has 0 amide bonds. The highest BCUT2D eigenvalue weighted by molar-refractivity contribution is 5.78. The lowest BCUT2D eigenvalue weighted by Crippen LogP contribution is -2.14. The summed E-state index contributed by atoms with van der Waals surface area (Å²) in [5, 5.41) is 0. The molecule has 0 heterocycles. The molecule has 2 atom stereocenters. The van der Waals surface area contributed by atoms with Crippen molar-refractivity contribution in [2.75, 3.05) is 0 Å². The maximum atomic E-state index is 11.2. The number of carbonyl (C=O) groups is 1. The number of Topliss-reactive ketones (excluding diaryl/α,β-unsaturated/α-hetero) is 1. The third-order valence-corrected chi connectivity index (χ3v) is 2.72. The molecule has 0 N–H and O–H groups in total. The third kappa shape index (κ3) is 2.41. The van der Waals surface area contributed by atoms with E-state index in [2.05, 4.69) is 19.1 Å². The molecule has 1 nitrogen and oxygen atoms in total. The van der Waals surface area contributed by atoms with E-state index in [4.69, 9.17) is 0 Å². The monoisotopic (exact) mass is 176 g/mol. The Labute approximate surface area is 79.8 Å². The topological polar surface area (TPSA) is 17.1 Å². The molecular weight excluding hydrogens is 160 g/mol. The SMILES string of the molecule is CC(=O)[C@@H](C)[C@H](C)c1ccccc1. The zero-order valence-corrected chi connectivity index (χ0v) is 8.45. The molecule has 0 aromatic heterocycles. The predicted octanol–water partition coefficient (Wildman–Crippen LogP) is 3.02. The van der Waals surface area contributed by atoms with Gasteiger partial charge in [-0.05, 0) is 18.4 Å². The summed E-state index contributed by atoms with van der Waals surface area (Å²) in [4.78, 5) is 11.2. The molecule has 1 aromatic carbocycles. The fraction of sp³-hybridized carbons (Fsp3) is 0.417. The van der Waals surface area contributed by atoms with E-state index in [-0.39, 0.29) is 11.7 Å². The van der Waals surface area contributed by atoms with Gasteiger partial charge in [-0.25, -0.2) is 0 Å². The van der Waals surface area contributed by atoms with Gasteiger partial charge in [-0.1, -0.05) is 44.2 Å². The van der Waals surface area contributed by atoms with Gasteiger partial charge >= 0.3 is 0 Å². The van der Waals surface area contributed by atoms with Crippen molar-refractivity contribution in [3.05, 3.63) is 35.9 Å². The van der Waals surface area contributed by atoms with Gasteiger partial charge < -0.3 is 0 Å². The lowest BCUT2D eigenvalue weighted by Gasteiger charge is -2.17. The summed E-state index contributed by atoms with van der Waals surface area (Å²) in [5.74, 6) is 0.692. The molecule has 0 saturated heterocycles. The molecule has 0 spiro atoms. The van der Waals surface area contributed by atoms with Crippen LogP contribution in [0.4, 0.5) is 0 Å². The van der Waals surface area contributed by atoms with E-state index in [0.29, 0.717) is 5.92 Å². The van der Waals surface area contributed by atoms with Crippen LogP contribution in [0.1, 0.15) is 32.3 Å². The van der Waals surface area contributed by atoms with Crippen LogP contribution in [0.3, 0.4) is 0 Å². The van der Waals surface area contributed by atoms with Gasteiger partial charge in [0.15, 0.2) is 0 Å². The molecule has 0 aliphatic heterocycles. The van der Waals surface area contributed by atoms with Gasteiger partial charge in [0.2, 0.25) is 0 Å². The first kappa shape index (κ1) is 9.97. The van der Waals surface area contributed by atoms with Crippen LogP contribution in [-0.2, 0) is 4.79 Å². The molecule has 1 aromatic rings. The van der Waals surface area contributed by atoms with Crippen molar-refractivity contribution in [1.29, 1.82) is 0 Å². The van der Waals surface area contributed by atoms with Crippen molar-refractivity contribution in [2.45, 2.75) is 26.7 Å². The minimum atomic E-state index is 0.113. The van der Waals surface area contributed by atoms with Gasteiger partial charge in [0, 0.05) is 5.92 Å². The molecule has 0 radical (unpaired) electrons. The Balaban J connectivity index is 2.79. The normalized spacial score (nSPS) is 15.0. The number of hydrogen-bond donors (Lipinski definition) is 0. The first-order valence-electron chi connectivity index (χ1n) is 4.68. The quantitative estimate of drug-likeness (QED) is 0.692. The van der Waals surface area contributed by atoms with Gasteiger partial charge in [0.1, 0.15) is 5.78 Å². The van der Waals surface area contributed by atoms with Crippen molar-refractivity contribution < 1.29 is 4.79 Å². The summed E-state index contributed by atoms with van der Waals surface area (Å²) in [6.45, 7) is 5.74. The molecule has 13 heavy (non-hydrogen) atoms. The summed E-state index contributed by atoms with van der Waals surface area (Å²) in [5.41, 5.74) is 1.24. The molecule has 70 valence electrons. The molecule has 0 fully saturated rings. The molecule has 0 bridgehead atoms. The van der Waals surface area contributed by atoms with Crippen LogP contribution in [0.5, 0.6) is 0 Å². The lowest BCUT2D eigenvalue weighted by molar-refractivity contribution is -0.120. The van der Waals surface area contributed by atoms with Crippen LogP contribution in [-0.4, -0.2) is 5.78 Å². The third-order valence-electron chi connectivity index (χ3n) is 2.72. The van der Waals surface area contributed by atoms with Crippen molar-refractivity contribution in [2.24, 2.45) is 5.92 Å². The first-order valence-corrected chi connectivity index (χ1v) is 4.68. The largest absolute Gasteiger partial charge is 0.300 e. The van der Waals surface area contributed by atoms with Gasteiger partial charge in [-0.15, -0.1) is 0 Å². The van der Waals surface area contributed by atoms with Crippen LogP contribution < -0.4 is 0 Å². The first-order chi connectivity index (χ1) is 6.13. The summed E-state index contributed by atoms with van der Waals surface area (Å²) in [6, 6.07) is 10.2. The van der Waals surface area contributed by atoms with Crippen molar-refractivity contribution in [3.63, 3.8) is 0 Å². The average Bonchev–Trinajstić information content (AvgIpc) is 2.17. The second-order valence-corrected chi connectivity index (χ2v) is 3.60. The summed E-state index contributed by atoms with van der Waals surface area (Å²) in [6.07, 6.45) is 0. The van der Waals surface area contributed by atoms with Gasteiger partial charge in [0.25, 0.3) is 0 Å². The Kier molecular flexibility index (Phi) is 3.24. The minimum absolute atomic E-state index is 0.113. The summed E-state index contributed by atoms with van der Waals surface area (Å²) >= 11 is 0. The van der Waals surface area contributed by atoms with Crippen molar-refractivity contribution in [3.8, 4) is 0 Å².